The van der Waals surface area contributed by atoms with E-state index in [-0.39, 0.29) is 41.1 Å². The highest BCUT2D eigenvalue weighted by atomic mass is 32.1. The first-order chi connectivity index (χ1) is 23.5. The maximum Gasteiger partial charge on any atom is 0.415 e. The minimum atomic E-state index is -0.956. The van der Waals surface area contributed by atoms with E-state index in [0.29, 0.717) is 34.8 Å². The van der Waals surface area contributed by atoms with E-state index in [4.69, 9.17) is 4.74 Å². The monoisotopic (exact) mass is 693 g/mol. The molecule has 3 amide bonds. The lowest BCUT2D eigenvalue weighted by Crippen LogP contribution is -2.36. The van der Waals surface area contributed by atoms with Crippen LogP contribution in [0.4, 0.5) is 35.9 Å². The Morgan fingerprint density at radius 2 is 1.73 bits per heavy atom. The number of ether oxygens (including phenoxy) is 1. The summed E-state index contributed by atoms with van der Waals surface area (Å²) in [5.41, 5.74) is 0.361. The molecule has 1 aliphatic heterocycles. The summed E-state index contributed by atoms with van der Waals surface area (Å²) in [7, 11) is 3.53. The zero-order chi connectivity index (χ0) is 35.2. The molecule has 2 aromatic heterocycles. The van der Waals surface area contributed by atoms with Crippen molar-refractivity contribution in [2.75, 3.05) is 42.4 Å². The van der Waals surface area contributed by atoms with Gasteiger partial charge in [-0.15, -0.1) is 21.5 Å². The summed E-state index contributed by atoms with van der Waals surface area (Å²) >= 11 is 0.992. The zero-order valence-electron chi connectivity index (χ0n) is 26.9. The third-order valence-electron chi connectivity index (χ3n) is 7.63. The number of nitrogens with one attached hydrogen (secondary N) is 1. The van der Waals surface area contributed by atoms with Gasteiger partial charge in [-0.05, 0) is 81.4 Å². The predicted octanol–water partition coefficient (Wildman–Crippen LogP) is 6.39. The lowest BCUT2D eigenvalue weighted by molar-refractivity contribution is -0.384. The Bertz CT molecular complexity index is 1850. The molecule has 49 heavy (non-hydrogen) atoms. The van der Waals surface area contributed by atoms with Crippen molar-refractivity contribution < 1.29 is 32.8 Å². The van der Waals surface area contributed by atoms with Gasteiger partial charge in [0.25, 0.3) is 11.6 Å². The number of non-ortho nitro benzene ring substituents is 1. The molecule has 1 saturated heterocycles. The Hall–Kier alpha value is -5.35. The first-order valence-electron chi connectivity index (χ1n) is 15.4. The van der Waals surface area contributed by atoms with Gasteiger partial charge in [-0.3, -0.25) is 29.5 Å². The van der Waals surface area contributed by atoms with Crippen molar-refractivity contribution in [1.82, 2.24) is 15.1 Å². The summed E-state index contributed by atoms with van der Waals surface area (Å²) in [5, 5.41) is 22.4. The van der Waals surface area contributed by atoms with Crippen molar-refractivity contribution in [3.8, 4) is 10.4 Å². The van der Waals surface area contributed by atoms with Crippen molar-refractivity contribution in [2.24, 2.45) is 0 Å². The molecule has 13 nitrogen and oxygen atoms in total. The molecular weight excluding hydrogens is 660 g/mol. The Balaban J connectivity index is 1.64. The molecule has 0 bridgehead atoms. The number of nitrogens with zero attached hydrogens (tertiary/aromatic N) is 6. The third kappa shape index (κ3) is 7.87. The van der Waals surface area contributed by atoms with E-state index < -0.39 is 40.7 Å². The van der Waals surface area contributed by atoms with Gasteiger partial charge in [0.1, 0.15) is 16.6 Å². The van der Waals surface area contributed by atoms with Crippen LogP contribution >= 0.6 is 11.3 Å². The molecule has 1 aliphatic rings. The Morgan fingerprint density at radius 1 is 1.02 bits per heavy atom. The molecule has 2 aromatic carbocycles. The minimum Gasteiger partial charge on any atom is -0.449 e. The molecule has 0 spiro atoms. The average molecular weight is 694 g/mol. The Morgan fingerprint density at radius 3 is 2.33 bits per heavy atom. The van der Waals surface area contributed by atoms with Gasteiger partial charge >= 0.3 is 6.09 Å². The number of benzene rings is 2. The normalized spacial score (nSPS) is 13.0. The molecule has 0 aliphatic carbocycles. The van der Waals surface area contributed by atoms with E-state index in [9.17, 15) is 33.3 Å². The van der Waals surface area contributed by atoms with Crippen LogP contribution in [0.5, 0.6) is 0 Å². The number of aromatic nitrogens is 2. The van der Waals surface area contributed by atoms with Gasteiger partial charge in [-0.2, -0.15) is 0 Å². The number of carbonyl (C=O) groups excluding carboxylic acids is 3. The fourth-order valence-electron chi connectivity index (χ4n) is 5.34. The van der Waals surface area contributed by atoms with Gasteiger partial charge in [0, 0.05) is 42.1 Å². The Labute approximate surface area is 284 Å². The van der Waals surface area contributed by atoms with Crippen LogP contribution in [0.3, 0.4) is 0 Å². The maximum atomic E-state index is 14.9. The number of hydrogen-bond donors (Lipinski definition) is 1. The highest BCUT2D eigenvalue weighted by Gasteiger charge is 2.33. The second kappa shape index (κ2) is 15.3. The number of carbonyl (C=O) groups is 3. The van der Waals surface area contributed by atoms with Crippen molar-refractivity contribution in [2.45, 2.75) is 39.3 Å². The smallest absolute Gasteiger partial charge is 0.415 e. The molecule has 1 N–H and O–H groups in total. The molecule has 0 radical (unpaired) electrons. The van der Waals surface area contributed by atoms with Crippen LogP contribution in [0.25, 0.3) is 10.4 Å². The van der Waals surface area contributed by atoms with E-state index in [2.05, 4.69) is 15.5 Å². The van der Waals surface area contributed by atoms with Crippen LogP contribution in [0.2, 0.25) is 0 Å². The van der Waals surface area contributed by atoms with Gasteiger partial charge in [0.05, 0.1) is 23.6 Å². The zero-order valence-corrected chi connectivity index (χ0v) is 27.8. The molecule has 3 heterocycles. The maximum absolute atomic E-state index is 14.9. The van der Waals surface area contributed by atoms with Crippen LogP contribution in [0, 0.1) is 21.7 Å². The van der Waals surface area contributed by atoms with Crippen molar-refractivity contribution in [1.29, 1.82) is 0 Å². The largest absolute Gasteiger partial charge is 0.449 e. The predicted molar refractivity (Wildman–Crippen MR) is 180 cm³/mol. The van der Waals surface area contributed by atoms with Gasteiger partial charge in [-0.1, -0.05) is 6.07 Å². The third-order valence-corrected chi connectivity index (χ3v) is 8.94. The molecule has 16 heteroatoms. The van der Waals surface area contributed by atoms with Gasteiger partial charge in [0.15, 0.2) is 11.6 Å². The van der Waals surface area contributed by atoms with Gasteiger partial charge < -0.3 is 15.0 Å². The van der Waals surface area contributed by atoms with Crippen LogP contribution in [0.1, 0.15) is 47.7 Å². The van der Waals surface area contributed by atoms with E-state index in [0.717, 1.165) is 41.2 Å². The van der Waals surface area contributed by atoms with E-state index in [1.807, 2.05) is 0 Å². The lowest BCUT2D eigenvalue weighted by atomic mass is 10.0. The van der Waals surface area contributed by atoms with Gasteiger partial charge in [-0.25, -0.2) is 13.6 Å². The van der Waals surface area contributed by atoms with Gasteiger partial charge in [0.2, 0.25) is 5.91 Å². The molecular formula is C33H33F2N7O6S. The van der Waals surface area contributed by atoms with Crippen LogP contribution in [0.15, 0.2) is 54.6 Å². The second-order valence-corrected chi connectivity index (χ2v) is 12.3. The topological polar surface area (TPSA) is 151 Å². The van der Waals surface area contributed by atoms with Crippen molar-refractivity contribution in [3.63, 3.8) is 0 Å². The number of rotatable bonds is 11. The summed E-state index contributed by atoms with van der Waals surface area (Å²) in [6.07, 6.45) is 1.07. The van der Waals surface area contributed by atoms with E-state index in [1.54, 1.807) is 32.0 Å². The summed E-state index contributed by atoms with van der Waals surface area (Å²) in [4.78, 5) is 55.8. The standard InChI is InChI=1S/C33H33F2N7O6S/c1-4-48-33(45)41(19-22-24(34)8-7-9-25(22)35)32-29(23(18-39(2)3)30(49-32)20-11-13-21(14-12-20)42(46)47)31(44)36-26-15-16-27(38-37-26)40-17-6-5-10-28(40)43/h7-9,11-16H,4-6,10,17-19H2,1-3H3,(H,36,37,44). The average Bonchev–Trinajstić information content (AvgIpc) is 3.43. The number of amides is 3. The number of nitro benzene ring substituents is 1. The summed E-state index contributed by atoms with van der Waals surface area (Å²) in [6, 6.07) is 12.0. The number of hydrogen-bond acceptors (Lipinski definition) is 10. The fraction of sp³-hybridized carbons (Fsp3) is 0.303. The van der Waals surface area contributed by atoms with Crippen LogP contribution in [-0.2, 0) is 22.6 Å². The molecule has 4 aromatic rings. The number of nitro groups is 1. The molecule has 256 valence electrons. The second-order valence-electron chi connectivity index (χ2n) is 11.4. The highest BCUT2D eigenvalue weighted by Crippen LogP contribution is 2.44. The van der Waals surface area contributed by atoms with Crippen LogP contribution < -0.4 is 15.1 Å². The van der Waals surface area contributed by atoms with E-state index in [1.165, 1.54) is 41.3 Å². The van der Waals surface area contributed by atoms with E-state index >= 15 is 0 Å². The number of thiophene rings is 1. The highest BCUT2D eigenvalue weighted by molar-refractivity contribution is 7.20. The first kappa shape index (κ1) is 35.0. The van der Waals surface area contributed by atoms with Crippen molar-refractivity contribution in [3.05, 3.63) is 93.0 Å². The lowest BCUT2D eigenvalue weighted by Gasteiger charge is -2.25. The SMILES string of the molecule is CCOC(=O)N(Cc1c(F)cccc1F)c1sc(-c2ccc([N+](=O)[O-])cc2)c(CN(C)C)c1C(=O)Nc1ccc(N2CCCCC2=O)nn1. The molecule has 0 atom stereocenters. The Kier molecular flexibility index (Phi) is 10.9. The molecule has 5 rings (SSSR count). The van der Waals surface area contributed by atoms with Crippen LogP contribution in [-0.4, -0.2) is 65.2 Å². The molecule has 1 fully saturated rings. The molecule has 0 unspecified atom stereocenters. The number of piperidine rings is 1. The van der Waals surface area contributed by atoms with Crippen molar-refractivity contribution >= 4 is 51.6 Å². The summed E-state index contributed by atoms with van der Waals surface area (Å²) in [6.45, 7) is 1.56. The quantitative estimate of drug-likeness (QED) is 0.139. The summed E-state index contributed by atoms with van der Waals surface area (Å²) in [5.74, 6) is -2.20. The first-order valence-corrected chi connectivity index (χ1v) is 16.2. The number of anilines is 3. The fourth-order valence-corrected chi connectivity index (χ4v) is 6.64. The molecule has 0 saturated carbocycles. The minimum absolute atomic E-state index is 0.00561. The summed E-state index contributed by atoms with van der Waals surface area (Å²) < 4.78 is 35.2. The number of halogens is 2.